The molecule has 4 heteroatoms. The molecule has 0 radical (unpaired) electrons. The number of hydrogen-bond acceptors (Lipinski definition) is 2. The Bertz CT molecular complexity index is 660. The van der Waals surface area contributed by atoms with Crippen LogP contribution < -0.4 is 0 Å². The fraction of sp³-hybridized carbons (Fsp3) is 0.133. The van der Waals surface area contributed by atoms with E-state index in [0.717, 1.165) is 11.9 Å². The molecule has 1 nitrogen and oxygen atoms in total. The Hall–Kier alpha value is -0.460. The minimum absolute atomic E-state index is 0.324. The molecule has 0 spiro atoms. The maximum absolute atomic E-state index is 4.68. The Morgan fingerprint density at radius 2 is 1.84 bits per heavy atom. The lowest BCUT2D eigenvalue weighted by Gasteiger charge is -2.08. The molecule has 2 aromatic carbocycles. The molecule has 0 amide bonds. The fourth-order valence-electron chi connectivity index (χ4n) is 1.95. The van der Waals surface area contributed by atoms with Crippen molar-refractivity contribution >= 4 is 60.1 Å². The molecule has 0 fully saturated rings. The maximum Gasteiger partial charge on any atom is 0.0953 e. The van der Waals surface area contributed by atoms with Gasteiger partial charge in [0.1, 0.15) is 0 Å². The third kappa shape index (κ3) is 3.17. The predicted octanol–water partition coefficient (Wildman–Crippen LogP) is 5.58. The molecule has 1 aromatic heterocycles. The summed E-state index contributed by atoms with van der Waals surface area (Å²) in [5.41, 5.74) is 2.41. The fourth-order valence-corrected chi connectivity index (χ4v) is 4.15. The van der Waals surface area contributed by atoms with E-state index in [4.69, 9.17) is 0 Å². The second-order valence-electron chi connectivity index (χ2n) is 4.30. The summed E-state index contributed by atoms with van der Waals surface area (Å²) in [6.07, 6.45) is 0.930. The van der Waals surface area contributed by atoms with Gasteiger partial charge in [-0.15, -0.1) is 11.3 Å². The van der Waals surface area contributed by atoms with Crippen molar-refractivity contribution in [3.8, 4) is 0 Å². The Morgan fingerprint density at radius 1 is 1.11 bits per heavy atom. The summed E-state index contributed by atoms with van der Waals surface area (Å²) < 4.78 is 2.53. The first-order valence-electron chi connectivity index (χ1n) is 5.96. The van der Waals surface area contributed by atoms with Crippen molar-refractivity contribution in [2.45, 2.75) is 11.2 Å². The van der Waals surface area contributed by atoms with E-state index >= 15 is 0 Å². The number of benzene rings is 2. The molecule has 1 unspecified atom stereocenters. The van der Waals surface area contributed by atoms with Crippen molar-refractivity contribution in [2.75, 3.05) is 0 Å². The molecule has 3 aromatic rings. The summed E-state index contributed by atoms with van der Waals surface area (Å²) >= 11 is 7.88. The quantitative estimate of drug-likeness (QED) is 0.380. The van der Waals surface area contributed by atoms with Crippen molar-refractivity contribution in [1.29, 1.82) is 0 Å². The Kier molecular flexibility index (Phi) is 4.19. The van der Waals surface area contributed by atoms with Crippen LogP contribution in [0.3, 0.4) is 0 Å². The highest BCUT2D eigenvalue weighted by atomic mass is 127. The van der Waals surface area contributed by atoms with Gasteiger partial charge in [-0.2, -0.15) is 0 Å². The van der Waals surface area contributed by atoms with E-state index in [-0.39, 0.29) is 0 Å². The molecular formula is C15H11BrINS. The first-order valence-corrected chi connectivity index (χ1v) is 8.77. The SMILES string of the molecule is BrC(Cc1nc2ccccc2s1)c1ccc(I)cc1. The zero-order valence-corrected chi connectivity index (χ0v) is 14.6. The van der Waals surface area contributed by atoms with Crippen molar-refractivity contribution < 1.29 is 0 Å². The summed E-state index contributed by atoms with van der Waals surface area (Å²) in [6.45, 7) is 0. The van der Waals surface area contributed by atoms with Crippen molar-refractivity contribution in [1.82, 2.24) is 4.98 Å². The van der Waals surface area contributed by atoms with E-state index in [1.165, 1.54) is 18.8 Å². The predicted molar refractivity (Wildman–Crippen MR) is 94.2 cm³/mol. The summed E-state index contributed by atoms with van der Waals surface area (Å²) in [5.74, 6) is 0. The highest BCUT2D eigenvalue weighted by Crippen LogP contribution is 2.31. The van der Waals surface area contributed by atoms with Gasteiger partial charge < -0.3 is 0 Å². The monoisotopic (exact) mass is 443 g/mol. The largest absolute Gasteiger partial charge is 0.241 e. The summed E-state index contributed by atoms with van der Waals surface area (Å²) in [6, 6.07) is 16.9. The molecule has 1 heterocycles. The van der Waals surface area contributed by atoms with E-state index in [0.29, 0.717) is 4.83 Å². The molecule has 0 saturated heterocycles. The second-order valence-corrected chi connectivity index (χ2v) is 7.76. The van der Waals surface area contributed by atoms with E-state index in [1.807, 2.05) is 6.07 Å². The lowest BCUT2D eigenvalue weighted by Crippen LogP contribution is -1.94. The smallest absolute Gasteiger partial charge is 0.0953 e. The van der Waals surface area contributed by atoms with Gasteiger partial charge in [0.2, 0.25) is 0 Å². The number of alkyl halides is 1. The van der Waals surface area contributed by atoms with Crippen LogP contribution in [0.2, 0.25) is 0 Å². The van der Waals surface area contributed by atoms with Gasteiger partial charge >= 0.3 is 0 Å². The third-order valence-corrected chi connectivity index (χ3v) is 5.55. The van der Waals surface area contributed by atoms with E-state index in [1.54, 1.807) is 11.3 Å². The van der Waals surface area contributed by atoms with Crippen LogP contribution in [-0.2, 0) is 6.42 Å². The molecule has 0 aliphatic carbocycles. The maximum atomic E-state index is 4.68. The molecule has 0 aliphatic rings. The van der Waals surface area contributed by atoms with Crippen LogP contribution in [-0.4, -0.2) is 4.98 Å². The summed E-state index contributed by atoms with van der Waals surface area (Å²) in [7, 11) is 0. The van der Waals surface area contributed by atoms with Gasteiger partial charge in [0.15, 0.2) is 0 Å². The summed E-state index contributed by atoms with van der Waals surface area (Å²) in [4.78, 5) is 5.01. The lowest BCUT2D eigenvalue weighted by atomic mass is 10.1. The van der Waals surface area contributed by atoms with Gasteiger partial charge in [-0.3, -0.25) is 0 Å². The number of aromatic nitrogens is 1. The number of rotatable bonds is 3. The molecule has 0 aliphatic heterocycles. The Balaban J connectivity index is 1.82. The number of fused-ring (bicyclic) bond motifs is 1. The van der Waals surface area contributed by atoms with Gasteiger partial charge in [0.05, 0.1) is 15.2 Å². The van der Waals surface area contributed by atoms with E-state index in [2.05, 4.69) is 86.0 Å². The normalized spacial score (nSPS) is 12.7. The third-order valence-electron chi connectivity index (χ3n) is 2.92. The molecule has 0 saturated carbocycles. The van der Waals surface area contributed by atoms with Crippen LogP contribution in [0.25, 0.3) is 10.2 Å². The number of thiazole rings is 1. The average molecular weight is 444 g/mol. The van der Waals surface area contributed by atoms with Gasteiger partial charge in [-0.05, 0) is 52.4 Å². The van der Waals surface area contributed by atoms with Gasteiger partial charge in [0, 0.05) is 14.8 Å². The molecule has 0 bridgehead atoms. The van der Waals surface area contributed by atoms with Crippen LogP contribution in [0.4, 0.5) is 0 Å². The first kappa shape index (κ1) is 13.5. The van der Waals surface area contributed by atoms with Crippen LogP contribution in [0.15, 0.2) is 48.5 Å². The molecule has 96 valence electrons. The van der Waals surface area contributed by atoms with Crippen LogP contribution >= 0.6 is 49.9 Å². The summed E-state index contributed by atoms with van der Waals surface area (Å²) in [5, 5.41) is 1.18. The minimum atomic E-state index is 0.324. The molecule has 3 rings (SSSR count). The molecule has 0 N–H and O–H groups in total. The van der Waals surface area contributed by atoms with Crippen LogP contribution in [0, 0.1) is 3.57 Å². The molecule has 1 atom stereocenters. The van der Waals surface area contributed by atoms with Gasteiger partial charge in [-0.25, -0.2) is 4.98 Å². The highest BCUT2D eigenvalue weighted by molar-refractivity contribution is 14.1. The van der Waals surface area contributed by atoms with Crippen molar-refractivity contribution in [3.63, 3.8) is 0 Å². The van der Waals surface area contributed by atoms with E-state index in [9.17, 15) is 0 Å². The zero-order valence-electron chi connectivity index (χ0n) is 10.0. The Labute approximate surface area is 138 Å². The number of para-hydroxylation sites is 1. The van der Waals surface area contributed by atoms with Gasteiger partial charge in [-0.1, -0.05) is 40.2 Å². The minimum Gasteiger partial charge on any atom is -0.241 e. The standard InChI is InChI=1S/C15H11BrINS/c16-12(10-5-7-11(17)8-6-10)9-15-18-13-3-1-2-4-14(13)19-15/h1-8,12H,9H2. The van der Waals surface area contributed by atoms with Crippen LogP contribution in [0.5, 0.6) is 0 Å². The van der Waals surface area contributed by atoms with Crippen LogP contribution in [0.1, 0.15) is 15.4 Å². The molecular weight excluding hydrogens is 433 g/mol. The van der Waals surface area contributed by atoms with Crippen molar-refractivity contribution in [3.05, 3.63) is 62.7 Å². The first-order chi connectivity index (χ1) is 9.22. The Morgan fingerprint density at radius 3 is 2.58 bits per heavy atom. The number of halogens is 2. The second kappa shape index (κ2) is 5.89. The lowest BCUT2D eigenvalue weighted by molar-refractivity contribution is 0.938. The average Bonchev–Trinajstić information content (AvgIpc) is 2.81. The number of nitrogens with zero attached hydrogens (tertiary/aromatic N) is 1. The van der Waals surface area contributed by atoms with E-state index < -0.39 is 0 Å². The highest BCUT2D eigenvalue weighted by Gasteiger charge is 2.11. The number of hydrogen-bond donors (Lipinski definition) is 0. The molecule has 19 heavy (non-hydrogen) atoms. The van der Waals surface area contributed by atoms with Gasteiger partial charge in [0.25, 0.3) is 0 Å². The topological polar surface area (TPSA) is 12.9 Å². The van der Waals surface area contributed by atoms with Crippen molar-refractivity contribution in [2.24, 2.45) is 0 Å². The zero-order chi connectivity index (χ0) is 13.2.